The highest BCUT2D eigenvalue weighted by Crippen LogP contribution is 2.44. The van der Waals surface area contributed by atoms with Gasteiger partial charge < -0.3 is 9.47 Å². The van der Waals surface area contributed by atoms with E-state index in [4.69, 9.17) is 9.47 Å². The zero-order valence-corrected chi connectivity index (χ0v) is 13.0. The predicted octanol–water partition coefficient (Wildman–Crippen LogP) is 3.80. The van der Waals surface area contributed by atoms with Crippen molar-refractivity contribution in [2.75, 3.05) is 13.7 Å². The molecule has 0 saturated carbocycles. The highest BCUT2D eigenvalue weighted by molar-refractivity contribution is 5.72. The van der Waals surface area contributed by atoms with Gasteiger partial charge in [0.2, 0.25) is 0 Å². The number of carbonyl (C=O) groups is 1. The third-order valence-electron chi connectivity index (χ3n) is 4.31. The Labute approximate surface area is 127 Å². The van der Waals surface area contributed by atoms with Gasteiger partial charge in [-0.2, -0.15) is 0 Å². The second kappa shape index (κ2) is 6.79. The first-order valence-electron chi connectivity index (χ1n) is 7.59. The summed E-state index contributed by atoms with van der Waals surface area (Å²) in [6.45, 7) is 6.15. The maximum Gasteiger partial charge on any atom is 0.306 e. The number of rotatable bonds is 6. The number of hydrogen-bond donors (Lipinski definition) is 0. The van der Waals surface area contributed by atoms with E-state index in [-0.39, 0.29) is 11.4 Å². The van der Waals surface area contributed by atoms with Crippen molar-refractivity contribution in [3.05, 3.63) is 42.0 Å². The van der Waals surface area contributed by atoms with Crippen molar-refractivity contribution in [3.63, 3.8) is 0 Å². The Bertz CT molecular complexity index is 521. The van der Waals surface area contributed by atoms with Crippen LogP contribution in [0.15, 0.2) is 30.9 Å². The number of esters is 1. The fraction of sp³-hybridized carbons (Fsp3) is 0.500. The number of methoxy groups -OCH3 is 1. The maximum absolute atomic E-state index is 12.1. The van der Waals surface area contributed by atoms with E-state index in [2.05, 4.69) is 18.7 Å². The predicted molar refractivity (Wildman–Crippen MR) is 83.7 cm³/mol. The molecule has 2 rings (SSSR count). The molecule has 1 aromatic carbocycles. The first-order valence-corrected chi connectivity index (χ1v) is 7.59. The quantitative estimate of drug-likeness (QED) is 0.590. The van der Waals surface area contributed by atoms with Gasteiger partial charge in [0, 0.05) is 5.41 Å². The number of ether oxygens (including phenoxy) is 2. The molecular weight excluding hydrogens is 264 g/mol. The molecule has 3 nitrogen and oxygen atoms in total. The summed E-state index contributed by atoms with van der Waals surface area (Å²) < 4.78 is 10.5. The molecule has 0 bridgehead atoms. The van der Waals surface area contributed by atoms with Crippen molar-refractivity contribution in [1.29, 1.82) is 0 Å². The first-order chi connectivity index (χ1) is 10.1. The van der Waals surface area contributed by atoms with Crippen LogP contribution < -0.4 is 4.74 Å². The maximum atomic E-state index is 12.1. The second-order valence-electron chi connectivity index (χ2n) is 5.63. The van der Waals surface area contributed by atoms with Crippen LogP contribution in [0.2, 0.25) is 0 Å². The van der Waals surface area contributed by atoms with Crippen molar-refractivity contribution in [1.82, 2.24) is 0 Å². The van der Waals surface area contributed by atoms with Crippen LogP contribution in [-0.4, -0.2) is 19.7 Å². The zero-order chi connectivity index (χ0) is 15.3. The topological polar surface area (TPSA) is 35.5 Å². The van der Waals surface area contributed by atoms with Crippen LogP contribution in [0.4, 0.5) is 0 Å². The number of fused-ring (bicyclic) bond motifs is 1. The average Bonchev–Trinajstić information content (AvgIpc) is 2.48. The van der Waals surface area contributed by atoms with Gasteiger partial charge in [0.25, 0.3) is 0 Å². The molecule has 3 heteroatoms. The second-order valence-corrected chi connectivity index (χ2v) is 5.63. The number of allylic oxidation sites excluding steroid dienone is 1. The number of aryl methyl sites for hydroxylation is 1. The largest absolute Gasteiger partial charge is 0.497 e. The van der Waals surface area contributed by atoms with Gasteiger partial charge in [-0.15, -0.1) is 6.58 Å². The van der Waals surface area contributed by atoms with Gasteiger partial charge in [0.15, 0.2) is 0 Å². The molecule has 0 aromatic heterocycles. The highest BCUT2D eigenvalue weighted by atomic mass is 16.5. The fourth-order valence-electron chi connectivity index (χ4n) is 3.38. The van der Waals surface area contributed by atoms with Crippen LogP contribution in [0.3, 0.4) is 0 Å². The summed E-state index contributed by atoms with van der Waals surface area (Å²) in [4.78, 5) is 12.1. The van der Waals surface area contributed by atoms with E-state index in [1.165, 1.54) is 11.1 Å². The fourth-order valence-corrected chi connectivity index (χ4v) is 3.38. The van der Waals surface area contributed by atoms with Gasteiger partial charge in [-0.1, -0.05) is 12.1 Å². The Balaban J connectivity index is 2.42. The summed E-state index contributed by atoms with van der Waals surface area (Å²) in [6, 6.07) is 6.20. The molecule has 0 spiro atoms. The van der Waals surface area contributed by atoms with Crippen LogP contribution >= 0.6 is 0 Å². The van der Waals surface area contributed by atoms with Crippen LogP contribution in [0.25, 0.3) is 0 Å². The molecule has 0 saturated heterocycles. The third-order valence-corrected chi connectivity index (χ3v) is 4.31. The minimum atomic E-state index is -0.198. The normalized spacial score (nSPS) is 20.5. The number of hydrogen-bond acceptors (Lipinski definition) is 3. The van der Waals surface area contributed by atoms with E-state index >= 15 is 0 Å². The lowest BCUT2D eigenvalue weighted by molar-refractivity contribution is -0.144. The summed E-state index contributed by atoms with van der Waals surface area (Å²) in [6.07, 6.45) is 6.23. The molecule has 0 fully saturated rings. The minimum Gasteiger partial charge on any atom is -0.497 e. The summed E-state index contributed by atoms with van der Waals surface area (Å²) in [5.74, 6) is 0.711. The molecule has 0 heterocycles. The molecule has 1 aliphatic rings. The summed E-state index contributed by atoms with van der Waals surface area (Å²) in [5, 5.41) is 0. The SMILES string of the molecule is C=CCC1(CC(=O)OCC)CCCc2ccc(OC)cc21. The molecule has 0 amide bonds. The standard InChI is InChI=1S/C18H24O3/c1-4-10-18(13-17(19)21-5-2)11-6-7-14-8-9-15(20-3)12-16(14)18/h4,8-9,12H,1,5-7,10-11,13H2,2-3H3. The van der Waals surface area contributed by atoms with E-state index in [9.17, 15) is 4.79 Å². The minimum absolute atomic E-state index is 0.130. The highest BCUT2D eigenvalue weighted by Gasteiger charge is 2.38. The number of carbonyl (C=O) groups excluding carboxylic acids is 1. The van der Waals surface area contributed by atoms with E-state index < -0.39 is 0 Å². The van der Waals surface area contributed by atoms with Gasteiger partial charge in [-0.3, -0.25) is 4.79 Å². The van der Waals surface area contributed by atoms with Crippen molar-refractivity contribution in [2.24, 2.45) is 0 Å². The van der Waals surface area contributed by atoms with Crippen LogP contribution in [-0.2, 0) is 21.4 Å². The van der Waals surface area contributed by atoms with E-state index in [0.29, 0.717) is 13.0 Å². The lowest BCUT2D eigenvalue weighted by Gasteiger charge is -2.38. The van der Waals surface area contributed by atoms with Gasteiger partial charge in [-0.25, -0.2) is 0 Å². The number of benzene rings is 1. The Hall–Kier alpha value is -1.77. The van der Waals surface area contributed by atoms with Crippen molar-refractivity contribution < 1.29 is 14.3 Å². The van der Waals surface area contributed by atoms with Gasteiger partial charge >= 0.3 is 5.97 Å². The van der Waals surface area contributed by atoms with E-state index in [1.54, 1.807) is 7.11 Å². The molecule has 0 radical (unpaired) electrons. The first kappa shape index (κ1) is 15.6. The molecule has 1 aromatic rings. The van der Waals surface area contributed by atoms with E-state index in [0.717, 1.165) is 31.4 Å². The van der Waals surface area contributed by atoms with Gasteiger partial charge in [0.1, 0.15) is 5.75 Å². The van der Waals surface area contributed by atoms with Crippen LogP contribution in [0.5, 0.6) is 5.75 Å². The molecule has 114 valence electrons. The summed E-state index contributed by atoms with van der Waals surface area (Å²) in [7, 11) is 1.67. The molecule has 1 atom stereocenters. The Kier molecular flexibility index (Phi) is 5.05. The lowest BCUT2D eigenvalue weighted by Crippen LogP contribution is -2.34. The van der Waals surface area contributed by atoms with Crippen molar-refractivity contribution in [3.8, 4) is 5.75 Å². The molecule has 21 heavy (non-hydrogen) atoms. The Morgan fingerprint density at radius 1 is 1.48 bits per heavy atom. The molecule has 0 N–H and O–H groups in total. The molecule has 0 aliphatic heterocycles. The Morgan fingerprint density at radius 2 is 2.29 bits per heavy atom. The summed E-state index contributed by atoms with van der Waals surface area (Å²) >= 11 is 0. The Morgan fingerprint density at radius 3 is 2.95 bits per heavy atom. The van der Waals surface area contributed by atoms with Crippen molar-refractivity contribution >= 4 is 5.97 Å². The van der Waals surface area contributed by atoms with Gasteiger partial charge in [0.05, 0.1) is 20.1 Å². The summed E-state index contributed by atoms with van der Waals surface area (Å²) in [5.41, 5.74) is 2.34. The molecule has 1 unspecified atom stereocenters. The third kappa shape index (κ3) is 3.29. The molecule has 1 aliphatic carbocycles. The van der Waals surface area contributed by atoms with E-state index in [1.807, 2.05) is 19.1 Å². The van der Waals surface area contributed by atoms with Crippen LogP contribution in [0, 0.1) is 0 Å². The lowest BCUT2D eigenvalue weighted by atomic mass is 9.66. The molecular formula is C18H24O3. The van der Waals surface area contributed by atoms with Gasteiger partial charge in [-0.05, 0) is 55.9 Å². The van der Waals surface area contributed by atoms with Crippen molar-refractivity contribution in [2.45, 2.75) is 44.4 Å². The van der Waals surface area contributed by atoms with Crippen LogP contribution in [0.1, 0.15) is 43.7 Å². The monoisotopic (exact) mass is 288 g/mol. The smallest absolute Gasteiger partial charge is 0.306 e. The zero-order valence-electron chi connectivity index (χ0n) is 13.0. The average molecular weight is 288 g/mol.